The molecule has 2 atom stereocenters. The highest BCUT2D eigenvalue weighted by molar-refractivity contribution is 7.89. The molecule has 0 aromatic heterocycles. The molecule has 0 saturated heterocycles. The van der Waals surface area contributed by atoms with Crippen LogP contribution in [0.25, 0.3) is 0 Å². The largest absolute Gasteiger partial charge is 0.322 e. The first-order chi connectivity index (χ1) is 13.3. The van der Waals surface area contributed by atoms with Gasteiger partial charge >= 0.3 is 0 Å². The van der Waals surface area contributed by atoms with E-state index in [1.54, 1.807) is 24.3 Å². The second-order valence-electron chi connectivity index (χ2n) is 7.26. The van der Waals surface area contributed by atoms with Crippen molar-refractivity contribution in [2.24, 2.45) is 5.73 Å². The van der Waals surface area contributed by atoms with E-state index in [1.807, 2.05) is 69.3 Å². The average molecular weight is 395 g/mol. The summed E-state index contributed by atoms with van der Waals surface area (Å²) < 4.78 is 28.9. The predicted molar refractivity (Wildman–Crippen MR) is 114 cm³/mol. The van der Waals surface area contributed by atoms with Gasteiger partial charge in [-0.1, -0.05) is 77.4 Å². The number of hydrogen-bond donors (Lipinski definition) is 2. The Kier molecular flexibility index (Phi) is 5.98. The molecule has 0 radical (unpaired) electrons. The summed E-state index contributed by atoms with van der Waals surface area (Å²) >= 11 is 0. The molecule has 3 rings (SSSR count). The van der Waals surface area contributed by atoms with E-state index in [1.165, 1.54) is 0 Å². The Hall–Kier alpha value is -2.47. The van der Waals surface area contributed by atoms with Gasteiger partial charge in [0.25, 0.3) is 0 Å². The molecule has 0 aliphatic rings. The van der Waals surface area contributed by atoms with Crippen LogP contribution in [0.5, 0.6) is 0 Å². The zero-order valence-electron chi connectivity index (χ0n) is 16.4. The summed E-state index contributed by atoms with van der Waals surface area (Å²) in [5.41, 5.74) is 11.5. The Balaban J connectivity index is 1.99. The van der Waals surface area contributed by atoms with Gasteiger partial charge in [-0.2, -0.15) is 0 Å². The minimum absolute atomic E-state index is 0.228. The smallest absolute Gasteiger partial charge is 0.241 e. The number of nitrogens with two attached hydrogens (primary N) is 1. The molecule has 5 heteroatoms. The van der Waals surface area contributed by atoms with Crippen molar-refractivity contribution in [3.8, 4) is 0 Å². The first-order valence-electron chi connectivity index (χ1n) is 9.24. The fraction of sp³-hybridized carbons (Fsp3) is 0.217. The first kappa shape index (κ1) is 20.3. The summed E-state index contributed by atoms with van der Waals surface area (Å²) in [6.07, 6.45) is 0. The lowest BCUT2D eigenvalue weighted by molar-refractivity contribution is 0.504. The third-order valence-electron chi connectivity index (χ3n) is 4.87. The second kappa shape index (κ2) is 8.27. The highest BCUT2D eigenvalue weighted by atomic mass is 32.2. The van der Waals surface area contributed by atoms with E-state index in [9.17, 15) is 8.42 Å². The number of rotatable bonds is 6. The monoisotopic (exact) mass is 394 g/mol. The molecule has 0 aliphatic carbocycles. The summed E-state index contributed by atoms with van der Waals surface area (Å²) in [5, 5.41) is 0. The van der Waals surface area contributed by atoms with Crippen molar-refractivity contribution in [1.29, 1.82) is 0 Å². The van der Waals surface area contributed by atoms with Crippen molar-refractivity contribution >= 4 is 10.0 Å². The van der Waals surface area contributed by atoms with Gasteiger partial charge in [0, 0.05) is 0 Å². The average Bonchev–Trinajstić information content (AvgIpc) is 2.67. The topological polar surface area (TPSA) is 72.2 Å². The highest BCUT2D eigenvalue weighted by Gasteiger charge is 2.27. The van der Waals surface area contributed by atoms with Gasteiger partial charge in [0.05, 0.1) is 17.0 Å². The maximum Gasteiger partial charge on any atom is 0.241 e. The van der Waals surface area contributed by atoms with Gasteiger partial charge in [-0.25, -0.2) is 13.1 Å². The minimum Gasteiger partial charge on any atom is -0.322 e. The molecule has 0 spiro atoms. The molecule has 0 unspecified atom stereocenters. The molecule has 146 valence electrons. The van der Waals surface area contributed by atoms with Gasteiger partial charge in [-0.3, -0.25) is 0 Å². The molecule has 0 fully saturated rings. The molecule has 0 aliphatic heterocycles. The van der Waals surface area contributed by atoms with Crippen LogP contribution >= 0.6 is 0 Å². The molecule has 3 aromatic rings. The van der Waals surface area contributed by atoms with E-state index in [2.05, 4.69) is 4.72 Å². The normalized spacial score (nSPS) is 13.9. The lowest BCUT2D eigenvalue weighted by Gasteiger charge is -2.26. The van der Waals surface area contributed by atoms with Crippen LogP contribution in [0.15, 0.2) is 77.7 Å². The Morgan fingerprint density at radius 1 is 0.679 bits per heavy atom. The van der Waals surface area contributed by atoms with Crippen molar-refractivity contribution in [2.75, 3.05) is 0 Å². The van der Waals surface area contributed by atoms with E-state index in [4.69, 9.17) is 5.73 Å². The van der Waals surface area contributed by atoms with Crippen molar-refractivity contribution in [1.82, 2.24) is 4.72 Å². The molecule has 28 heavy (non-hydrogen) atoms. The summed E-state index contributed by atoms with van der Waals surface area (Å²) in [4.78, 5) is 0.228. The number of nitrogens with one attached hydrogen (secondary N) is 1. The van der Waals surface area contributed by atoms with E-state index >= 15 is 0 Å². The van der Waals surface area contributed by atoms with E-state index in [0.717, 1.165) is 27.8 Å². The fourth-order valence-corrected chi connectivity index (χ4v) is 4.30. The zero-order valence-corrected chi connectivity index (χ0v) is 17.2. The lowest BCUT2D eigenvalue weighted by Crippen LogP contribution is -2.36. The van der Waals surface area contributed by atoms with Gasteiger partial charge < -0.3 is 5.73 Å². The maximum atomic E-state index is 13.0. The molecule has 0 heterocycles. The zero-order chi connectivity index (χ0) is 20.3. The first-order valence-corrected chi connectivity index (χ1v) is 10.7. The molecule has 0 saturated carbocycles. The standard InChI is InChI=1S/C23H26N2O2S/c1-16-4-10-19(11-5-16)22(24)23(20-12-6-17(2)7-13-20)25-28(26,27)21-14-8-18(3)9-15-21/h4-15,22-23,25H,24H2,1-3H3/t22-,23+/m0/s1. The van der Waals surface area contributed by atoms with Gasteiger partial charge in [0.2, 0.25) is 10.0 Å². The molecule has 3 aromatic carbocycles. The van der Waals surface area contributed by atoms with Crippen LogP contribution in [0.3, 0.4) is 0 Å². The van der Waals surface area contributed by atoms with E-state index < -0.39 is 22.1 Å². The molecule has 4 nitrogen and oxygen atoms in total. The number of sulfonamides is 1. The quantitative estimate of drug-likeness (QED) is 0.653. The van der Waals surface area contributed by atoms with E-state index in [0.29, 0.717) is 0 Å². The van der Waals surface area contributed by atoms with E-state index in [-0.39, 0.29) is 4.90 Å². The van der Waals surface area contributed by atoms with Gasteiger partial charge in [-0.15, -0.1) is 0 Å². The fourth-order valence-electron chi connectivity index (χ4n) is 3.06. The van der Waals surface area contributed by atoms with Gasteiger partial charge in [-0.05, 0) is 44.0 Å². The number of aryl methyl sites for hydroxylation is 3. The van der Waals surface area contributed by atoms with Crippen molar-refractivity contribution in [3.63, 3.8) is 0 Å². The van der Waals surface area contributed by atoms with Gasteiger partial charge in [0.15, 0.2) is 0 Å². The molecule has 0 bridgehead atoms. The molecular weight excluding hydrogens is 368 g/mol. The van der Waals surface area contributed by atoms with Crippen molar-refractivity contribution in [2.45, 2.75) is 37.8 Å². The number of benzene rings is 3. The van der Waals surface area contributed by atoms with Crippen LogP contribution in [-0.2, 0) is 10.0 Å². The van der Waals surface area contributed by atoms with Crippen LogP contribution < -0.4 is 10.5 Å². The SMILES string of the molecule is Cc1ccc([C@@H](NS(=O)(=O)c2ccc(C)cc2)[C@@H](N)c2ccc(C)cc2)cc1. The Morgan fingerprint density at radius 3 is 1.54 bits per heavy atom. The summed E-state index contributed by atoms with van der Waals surface area (Å²) in [5.74, 6) is 0. The Bertz CT molecular complexity index is 1030. The summed E-state index contributed by atoms with van der Waals surface area (Å²) in [6, 6.07) is 21.3. The summed E-state index contributed by atoms with van der Waals surface area (Å²) in [7, 11) is -3.73. The highest BCUT2D eigenvalue weighted by Crippen LogP contribution is 2.29. The van der Waals surface area contributed by atoms with Crippen LogP contribution in [0.1, 0.15) is 39.9 Å². The third-order valence-corrected chi connectivity index (χ3v) is 6.33. The predicted octanol–water partition coefficient (Wildman–Crippen LogP) is 4.33. The molecule has 3 N–H and O–H groups in total. The Morgan fingerprint density at radius 2 is 1.07 bits per heavy atom. The molecular formula is C23H26N2O2S. The Labute approximate surface area is 167 Å². The van der Waals surface area contributed by atoms with Crippen LogP contribution in [0.2, 0.25) is 0 Å². The van der Waals surface area contributed by atoms with Gasteiger partial charge in [0.1, 0.15) is 0 Å². The van der Waals surface area contributed by atoms with Crippen molar-refractivity contribution < 1.29 is 8.42 Å². The van der Waals surface area contributed by atoms with Crippen LogP contribution in [0, 0.1) is 20.8 Å². The minimum atomic E-state index is -3.73. The van der Waals surface area contributed by atoms with Crippen LogP contribution in [-0.4, -0.2) is 8.42 Å². The maximum absolute atomic E-state index is 13.0. The number of hydrogen-bond acceptors (Lipinski definition) is 3. The molecule has 0 amide bonds. The summed E-state index contributed by atoms with van der Waals surface area (Å²) in [6.45, 7) is 5.92. The second-order valence-corrected chi connectivity index (χ2v) is 8.97. The van der Waals surface area contributed by atoms with Crippen molar-refractivity contribution in [3.05, 3.63) is 101 Å². The lowest BCUT2D eigenvalue weighted by atomic mass is 9.94. The van der Waals surface area contributed by atoms with Crippen LogP contribution in [0.4, 0.5) is 0 Å². The third kappa shape index (κ3) is 4.68.